The number of benzene rings is 1. The van der Waals surface area contributed by atoms with Crippen LogP contribution in [-0.2, 0) is 19.1 Å². The van der Waals surface area contributed by atoms with Crippen LogP contribution in [0, 0.1) is 0 Å². The van der Waals surface area contributed by atoms with Crippen molar-refractivity contribution in [1.82, 2.24) is 34.8 Å². The van der Waals surface area contributed by atoms with Crippen molar-refractivity contribution in [3.63, 3.8) is 0 Å². The highest BCUT2D eigenvalue weighted by molar-refractivity contribution is 6.32. The lowest BCUT2D eigenvalue weighted by Gasteiger charge is -2.16. The predicted molar refractivity (Wildman–Crippen MR) is 131 cm³/mol. The molecule has 0 radical (unpaired) electrons. The van der Waals surface area contributed by atoms with Gasteiger partial charge < -0.3 is 15.0 Å². The van der Waals surface area contributed by atoms with Crippen LogP contribution in [0.2, 0.25) is 5.02 Å². The van der Waals surface area contributed by atoms with Crippen LogP contribution in [-0.4, -0.2) is 40.7 Å². The van der Waals surface area contributed by atoms with Gasteiger partial charge in [-0.05, 0) is 38.8 Å². The average Bonchev–Trinajstić information content (AvgIpc) is 3.56. The Morgan fingerprint density at radius 3 is 2.54 bits per heavy atom. The van der Waals surface area contributed by atoms with Gasteiger partial charge in [0.15, 0.2) is 5.69 Å². The Bertz CT molecular complexity index is 1390. The summed E-state index contributed by atoms with van der Waals surface area (Å²) in [5.74, 6) is 0.207. The molecule has 0 aliphatic carbocycles. The Hall–Kier alpha value is -3.80. The zero-order chi connectivity index (χ0) is 26.9. The molecule has 0 saturated carbocycles. The predicted octanol–water partition coefficient (Wildman–Crippen LogP) is 5.96. The average molecular weight is 536 g/mol. The van der Waals surface area contributed by atoms with Gasteiger partial charge in [0.25, 0.3) is 0 Å². The van der Waals surface area contributed by atoms with Crippen molar-refractivity contribution in [2.45, 2.75) is 52.0 Å². The first-order chi connectivity index (χ1) is 17.5. The molecule has 3 aromatic heterocycles. The number of nitrogens with one attached hydrogen (secondary N) is 2. The monoisotopic (exact) mass is 535 g/mol. The van der Waals surface area contributed by atoms with E-state index < -0.39 is 24.0 Å². The SMILES string of the molecule is CCn1cc(C(F)(F)F)nc1-c1ccc(CC(NC(=O)O)c2cc(-c3c(Cl)cnn3C(C)C)n[nH]2)cc1. The standard InChI is InChI=1S/C24H25ClF3N7O2/c1-4-34-12-20(24(26,27)28)31-22(34)15-7-5-14(6-8-15)9-17(30-23(36)37)18-10-19(33-32-18)21-16(25)11-29-35(21)13(2)3/h5-8,10-13,17,30H,4,9H2,1-3H3,(H,32,33)(H,36,37). The topological polar surface area (TPSA) is 114 Å². The van der Waals surface area contributed by atoms with E-state index in [-0.39, 0.29) is 18.3 Å². The molecule has 196 valence electrons. The third kappa shape index (κ3) is 5.63. The molecule has 0 bridgehead atoms. The highest BCUT2D eigenvalue weighted by Gasteiger charge is 2.34. The number of imidazole rings is 1. The van der Waals surface area contributed by atoms with Crippen molar-refractivity contribution in [2.75, 3.05) is 0 Å². The van der Waals surface area contributed by atoms with E-state index in [0.29, 0.717) is 34.2 Å². The fourth-order valence-corrected chi connectivity index (χ4v) is 4.27. The zero-order valence-electron chi connectivity index (χ0n) is 20.2. The third-order valence-electron chi connectivity index (χ3n) is 5.81. The third-order valence-corrected chi connectivity index (χ3v) is 6.09. The molecule has 1 unspecified atom stereocenters. The molecule has 4 aromatic rings. The van der Waals surface area contributed by atoms with Crippen LogP contribution >= 0.6 is 11.6 Å². The lowest BCUT2D eigenvalue weighted by molar-refractivity contribution is -0.140. The Balaban J connectivity index is 1.59. The summed E-state index contributed by atoms with van der Waals surface area (Å²) in [5.41, 5.74) is 1.98. The molecule has 1 aromatic carbocycles. The van der Waals surface area contributed by atoms with E-state index in [1.165, 1.54) is 10.8 Å². The normalized spacial score (nSPS) is 12.8. The van der Waals surface area contributed by atoms with E-state index >= 15 is 0 Å². The van der Waals surface area contributed by atoms with Crippen LogP contribution in [0.25, 0.3) is 22.8 Å². The minimum absolute atomic E-state index is 0.0321. The summed E-state index contributed by atoms with van der Waals surface area (Å²) in [4.78, 5) is 15.3. The van der Waals surface area contributed by atoms with Gasteiger partial charge in [0.2, 0.25) is 0 Å². The number of hydrogen-bond donors (Lipinski definition) is 3. The van der Waals surface area contributed by atoms with Crippen molar-refractivity contribution in [2.24, 2.45) is 0 Å². The van der Waals surface area contributed by atoms with Crippen LogP contribution in [0.4, 0.5) is 18.0 Å². The van der Waals surface area contributed by atoms with Gasteiger partial charge in [-0.1, -0.05) is 35.9 Å². The van der Waals surface area contributed by atoms with Crippen molar-refractivity contribution in [1.29, 1.82) is 0 Å². The molecule has 0 saturated heterocycles. The van der Waals surface area contributed by atoms with Gasteiger partial charge in [-0.25, -0.2) is 9.78 Å². The van der Waals surface area contributed by atoms with Crippen molar-refractivity contribution in [3.05, 3.63) is 64.7 Å². The molecule has 0 aliphatic heterocycles. The molecule has 3 N–H and O–H groups in total. The summed E-state index contributed by atoms with van der Waals surface area (Å²) in [6.45, 7) is 5.97. The van der Waals surface area contributed by atoms with E-state index in [2.05, 4.69) is 25.6 Å². The minimum Gasteiger partial charge on any atom is -0.465 e. The van der Waals surface area contributed by atoms with Crippen molar-refractivity contribution in [3.8, 4) is 22.8 Å². The molecule has 0 spiro atoms. The summed E-state index contributed by atoms with van der Waals surface area (Å²) in [6.07, 6.45) is -2.97. The molecule has 37 heavy (non-hydrogen) atoms. The highest BCUT2D eigenvalue weighted by atomic mass is 35.5. The first-order valence-electron chi connectivity index (χ1n) is 11.5. The second kappa shape index (κ2) is 10.3. The van der Waals surface area contributed by atoms with Gasteiger partial charge in [-0.2, -0.15) is 23.4 Å². The Morgan fingerprint density at radius 2 is 1.95 bits per heavy atom. The van der Waals surface area contributed by atoms with Crippen LogP contribution in [0.15, 0.2) is 42.7 Å². The summed E-state index contributed by atoms with van der Waals surface area (Å²) in [7, 11) is 0. The van der Waals surface area contributed by atoms with E-state index in [1.807, 2.05) is 13.8 Å². The molecular formula is C24H25ClF3N7O2. The van der Waals surface area contributed by atoms with E-state index in [9.17, 15) is 23.1 Å². The second-order valence-electron chi connectivity index (χ2n) is 8.72. The number of nitrogens with zero attached hydrogens (tertiary/aromatic N) is 5. The van der Waals surface area contributed by atoms with Gasteiger partial charge in [0, 0.05) is 24.3 Å². The molecule has 13 heteroatoms. The van der Waals surface area contributed by atoms with Crippen LogP contribution < -0.4 is 5.32 Å². The fourth-order valence-electron chi connectivity index (χ4n) is 4.05. The van der Waals surface area contributed by atoms with Crippen molar-refractivity contribution >= 4 is 17.7 Å². The van der Waals surface area contributed by atoms with Crippen LogP contribution in [0.1, 0.15) is 49.8 Å². The number of rotatable bonds is 8. The van der Waals surface area contributed by atoms with Gasteiger partial charge in [0.1, 0.15) is 17.2 Å². The summed E-state index contributed by atoms with van der Waals surface area (Å²) in [6, 6.07) is 7.87. The number of carbonyl (C=O) groups is 1. The van der Waals surface area contributed by atoms with Crippen LogP contribution in [0.5, 0.6) is 0 Å². The Kier molecular flexibility index (Phi) is 7.30. The number of aryl methyl sites for hydroxylation is 1. The number of aromatic amines is 1. The number of alkyl halides is 3. The number of hydrogen-bond acceptors (Lipinski definition) is 4. The smallest absolute Gasteiger partial charge is 0.434 e. The summed E-state index contributed by atoms with van der Waals surface area (Å²) < 4.78 is 42.6. The van der Waals surface area contributed by atoms with Gasteiger partial charge in [-0.3, -0.25) is 9.78 Å². The van der Waals surface area contributed by atoms with E-state index in [4.69, 9.17) is 11.6 Å². The summed E-state index contributed by atoms with van der Waals surface area (Å²) >= 11 is 6.32. The zero-order valence-corrected chi connectivity index (χ0v) is 21.0. The lowest BCUT2D eigenvalue weighted by Crippen LogP contribution is -2.28. The molecule has 4 rings (SSSR count). The molecule has 9 nitrogen and oxygen atoms in total. The lowest BCUT2D eigenvalue weighted by atomic mass is 10.0. The largest absolute Gasteiger partial charge is 0.465 e. The van der Waals surface area contributed by atoms with Crippen molar-refractivity contribution < 1.29 is 23.1 Å². The Morgan fingerprint density at radius 1 is 1.24 bits per heavy atom. The number of aromatic nitrogens is 6. The molecule has 1 atom stereocenters. The van der Waals surface area contributed by atoms with Gasteiger partial charge in [-0.15, -0.1) is 0 Å². The van der Waals surface area contributed by atoms with Crippen LogP contribution in [0.3, 0.4) is 0 Å². The molecule has 0 fully saturated rings. The van der Waals surface area contributed by atoms with E-state index in [1.54, 1.807) is 41.9 Å². The van der Waals surface area contributed by atoms with Gasteiger partial charge >= 0.3 is 12.3 Å². The first kappa shape index (κ1) is 26.3. The quantitative estimate of drug-likeness (QED) is 0.257. The molecule has 3 heterocycles. The number of H-pyrrole nitrogens is 1. The fraction of sp³-hybridized carbons (Fsp3) is 0.333. The molecule has 0 aliphatic rings. The second-order valence-corrected chi connectivity index (χ2v) is 9.13. The maximum Gasteiger partial charge on any atom is 0.434 e. The van der Waals surface area contributed by atoms with Gasteiger partial charge in [0.05, 0.1) is 23.0 Å². The molecule has 1 amide bonds. The highest BCUT2D eigenvalue weighted by Crippen LogP contribution is 2.32. The maximum atomic E-state index is 13.1. The first-order valence-corrected chi connectivity index (χ1v) is 11.9. The number of amides is 1. The number of halogens is 4. The summed E-state index contributed by atoms with van der Waals surface area (Å²) in [5, 5.41) is 23.8. The Labute approximate surface area is 215 Å². The maximum absolute atomic E-state index is 13.1. The molecular weight excluding hydrogens is 511 g/mol. The minimum atomic E-state index is -4.54. The number of carboxylic acid groups (broad SMARTS) is 1. The van der Waals surface area contributed by atoms with E-state index in [0.717, 1.165) is 11.8 Å².